The van der Waals surface area contributed by atoms with Crippen LogP contribution in [-0.2, 0) is 6.18 Å². The Labute approximate surface area is 253 Å². The quantitative estimate of drug-likeness (QED) is 0.177. The molecule has 3 aromatic heterocycles. The summed E-state index contributed by atoms with van der Waals surface area (Å²) in [4.78, 5) is 24.3. The molecule has 2 N–H and O–H groups in total. The van der Waals surface area contributed by atoms with Gasteiger partial charge in [-0.15, -0.1) is 0 Å². The van der Waals surface area contributed by atoms with Crippen LogP contribution in [0.15, 0.2) is 85.2 Å². The minimum atomic E-state index is -4.54. The van der Waals surface area contributed by atoms with E-state index in [-0.39, 0.29) is 5.56 Å². The van der Waals surface area contributed by atoms with Crippen molar-refractivity contribution >= 4 is 23.1 Å². The van der Waals surface area contributed by atoms with Gasteiger partial charge < -0.3 is 15.5 Å². The second kappa shape index (κ2) is 12.8. The first-order chi connectivity index (χ1) is 21.3. The zero-order valence-electron chi connectivity index (χ0n) is 24.0. The standard InChI is InChI=1S/C33H32F3N7O/c34-33(35,36)26-9-4-8-25(19-26)32(44)40-27-10-5-7-24(20-27)29-12-15-39-31-22-28(41-43(29)31)23-11-14-38-30(21-23)37-13-6-18-42-16-2-1-3-17-42/h4-5,7-12,14-15,19-22H,1-3,6,13,16-18H2,(H,37,38)(H,40,44). The Balaban J connectivity index is 1.17. The van der Waals surface area contributed by atoms with E-state index in [2.05, 4.69) is 25.5 Å². The highest BCUT2D eigenvalue weighted by Crippen LogP contribution is 2.30. The fourth-order valence-electron chi connectivity index (χ4n) is 5.44. The molecular weight excluding hydrogens is 567 g/mol. The van der Waals surface area contributed by atoms with Crippen LogP contribution in [0.5, 0.6) is 0 Å². The number of anilines is 2. The molecule has 0 bridgehead atoms. The monoisotopic (exact) mass is 599 g/mol. The smallest absolute Gasteiger partial charge is 0.370 e. The summed E-state index contributed by atoms with van der Waals surface area (Å²) in [5.74, 6) is 0.152. The van der Waals surface area contributed by atoms with Crippen LogP contribution in [0.1, 0.15) is 41.6 Å². The highest BCUT2D eigenvalue weighted by atomic mass is 19.4. The molecule has 0 aliphatic carbocycles. The van der Waals surface area contributed by atoms with E-state index in [1.807, 2.05) is 30.3 Å². The Morgan fingerprint density at radius 1 is 0.864 bits per heavy atom. The number of alkyl halides is 3. The van der Waals surface area contributed by atoms with E-state index >= 15 is 0 Å². The van der Waals surface area contributed by atoms with Gasteiger partial charge in [-0.3, -0.25) is 4.79 Å². The lowest BCUT2D eigenvalue weighted by molar-refractivity contribution is -0.137. The number of aromatic nitrogens is 4. The Bertz CT molecular complexity index is 1760. The fraction of sp³-hybridized carbons (Fsp3) is 0.273. The topological polar surface area (TPSA) is 87.4 Å². The summed E-state index contributed by atoms with van der Waals surface area (Å²) in [5.41, 5.74) is 3.24. The molecule has 1 aliphatic rings. The number of fused-ring (bicyclic) bond motifs is 1. The number of halogens is 3. The van der Waals surface area contributed by atoms with Gasteiger partial charge in [0.2, 0.25) is 0 Å². The predicted octanol–water partition coefficient (Wildman–Crippen LogP) is 7.02. The minimum absolute atomic E-state index is 0.0820. The molecule has 5 aromatic rings. The summed E-state index contributed by atoms with van der Waals surface area (Å²) in [6, 6.07) is 19.0. The Kier molecular flexibility index (Phi) is 8.56. The average Bonchev–Trinajstić information content (AvgIpc) is 3.48. The van der Waals surface area contributed by atoms with Gasteiger partial charge in [-0.05, 0) is 87.4 Å². The molecule has 0 spiro atoms. The van der Waals surface area contributed by atoms with E-state index in [1.54, 1.807) is 35.1 Å². The number of carbonyl (C=O) groups excluding carboxylic acids is 1. The maximum absolute atomic E-state index is 13.1. The van der Waals surface area contributed by atoms with Crippen LogP contribution in [0.4, 0.5) is 24.7 Å². The van der Waals surface area contributed by atoms with Crippen molar-refractivity contribution in [3.05, 3.63) is 96.3 Å². The Morgan fingerprint density at radius 3 is 2.52 bits per heavy atom. The van der Waals surface area contributed by atoms with Gasteiger partial charge in [0.25, 0.3) is 5.91 Å². The van der Waals surface area contributed by atoms with Crippen molar-refractivity contribution in [2.75, 3.05) is 36.8 Å². The zero-order chi connectivity index (χ0) is 30.5. The molecule has 0 atom stereocenters. The first-order valence-corrected chi connectivity index (χ1v) is 14.7. The molecule has 2 aromatic carbocycles. The summed E-state index contributed by atoms with van der Waals surface area (Å²) in [5, 5.41) is 11.0. The van der Waals surface area contributed by atoms with Crippen molar-refractivity contribution in [1.29, 1.82) is 0 Å². The summed E-state index contributed by atoms with van der Waals surface area (Å²) >= 11 is 0. The highest BCUT2D eigenvalue weighted by Gasteiger charge is 2.31. The van der Waals surface area contributed by atoms with Crippen molar-refractivity contribution in [1.82, 2.24) is 24.5 Å². The number of hydrogen-bond donors (Lipinski definition) is 2. The van der Waals surface area contributed by atoms with Crippen molar-refractivity contribution < 1.29 is 18.0 Å². The normalized spacial score (nSPS) is 14.1. The van der Waals surface area contributed by atoms with Gasteiger partial charge in [-0.1, -0.05) is 24.6 Å². The van der Waals surface area contributed by atoms with Crippen molar-refractivity contribution in [2.24, 2.45) is 0 Å². The molecular formula is C33H32F3N7O. The molecule has 226 valence electrons. The number of carbonyl (C=O) groups is 1. The van der Waals surface area contributed by atoms with Crippen molar-refractivity contribution in [2.45, 2.75) is 31.9 Å². The maximum Gasteiger partial charge on any atom is 0.416 e. The van der Waals surface area contributed by atoms with E-state index in [4.69, 9.17) is 5.10 Å². The van der Waals surface area contributed by atoms with Gasteiger partial charge in [0, 0.05) is 47.4 Å². The number of amides is 1. The number of rotatable bonds is 9. The van der Waals surface area contributed by atoms with E-state index in [1.165, 1.54) is 44.5 Å². The first-order valence-electron chi connectivity index (χ1n) is 14.7. The number of benzene rings is 2. The molecule has 0 radical (unpaired) electrons. The van der Waals surface area contributed by atoms with E-state index in [0.29, 0.717) is 11.3 Å². The van der Waals surface area contributed by atoms with E-state index in [9.17, 15) is 18.0 Å². The number of nitrogens with one attached hydrogen (secondary N) is 2. The molecule has 1 saturated heterocycles. The lowest BCUT2D eigenvalue weighted by Gasteiger charge is -2.26. The van der Waals surface area contributed by atoms with Crippen molar-refractivity contribution in [3.8, 4) is 22.5 Å². The zero-order valence-corrected chi connectivity index (χ0v) is 24.0. The SMILES string of the molecule is O=C(Nc1cccc(-c2ccnc3cc(-c4ccnc(NCCCN5CCCCC5)c4)nn23)c1)c1cccc(C(F)(F)F)c1. The van der Waals surface area contributed by atoms with Gasteiger partial charge >= 0.3 is 6.18 Å². The summed E-state index contributed by atoms with van der Waals surface area (Å²) < 4.78 is 41.1. The Morgan fingerprint density at radius 2 is 1.68 bits per heavy atom. The number of nitrogens with zero attached hydrogens (tertiary/aromatic N) is 5. The average molecular weight is 600 g/mol. The van der Waals surface area contributed by atoms with Gasteiger partial charge in [0.15, 0.2) is 5.65 Å². The minimum Gasteiger partial charge on any atom is -0.370 e. The number of hydrogen-bond acceptors (Lipinski definition) is 6. The van der Waals surface area contributed by atoms with E-state index < -0.39 is 17.6 Å². The number of piperidine rings is 1. The van der Waals surface area contributed by atoms with Gasteiger partial charge in [-0.2, -0.15) is 18.3 Å². The first kappa shape index (κ1) is 29.3. The lowest BCUT2D eigenvalue weighted by Crippen LogP contribution is -2.31. The van der Waals surface area contributed by atoms with Crippen LogP contribution in [0.2, 0.25) is 0 Å². The molecule has 44 heavy (non-hydrogen) atoms. The number of likely N-dealkylation sites (tertiary alicyclic amines) is 1. The van der Waals surface area contributed by atoms with E-state index in [0.717, 1.165) is 60.0 Å². The molecule has 6 rings (SSSR count). The van der Waals surface area contributed by atoms with Crippen LogP contribution >= 0.6 is 0 Å². The third-order valence-electron chi connectivity index (χ3n) is 7.69. The van der Waals surface area contributed by atoms with Crippen LogP contribution < -0.4 is 10.6 Å². The van der Waals surface area contributed by atoms with Gasteiger partial charge in [0.05, 0.1) is 17.0 Å². The second-order valence-corrected chi connectivity index (χ2v) is 10.9. The summed E-state index contributed by atoms with van der Waals surface area (Å²) in [7, 11) is 0. The summed E-state index contributed by atoms with van der Waals surface area (Å²) in [6.45, 7) is 4.31. The fourth-order valence-corrected chi connectivity index (χ4v) is 5.44. The molecule has 4 heterocycles. The van der Waals surface area contributed by atoms with Crippen LogP contribution in [0, 0.1) is 0 Å². The molecule has 11 heteroatoms. The molecule has 0 saturated carbocycles. The lowest BCUT2D eigenvalue weighted by atomic mass is 10.1. The van der Waals surface area contributed by atoms with Gasteiger partial charge in [0.1, 0.15) is 5.82 Å². The molecule has 1 aliphatic heterocycles. The molecule has 8 nitrogen and oxygen atoms in total. The third-order valence-corrected chi connectivity index (χ3v) is 7.69. The molecule has 1 amide bonds. The Hall–Kier alpha value is -4.77. The van der Waals surface area contributed by atoms with Crippen molar-refractivity contribution in [3.63, 3.8) is 0 Å². The highest BCUT2D eigenvalue weighted by molar-refractivity contribution is 6.04. The maximum atomic E-state index is 13.1. The van der Waals surface area contributed by atoms with Crippen LogP contribution in [0.3, 0.4) is 0 Å². The van der Waals surface area contributed by atoms with Gasteiger partial charge in [-0.25, -0.2) is 14.5 Å². The second-order valence-electron chi connectivity index (χ2n) is 10.9. The summed E-state index contributed by atoms with van der Waals surface area (Å²) in [6.07, 6.45) is 3.88. The largest absolute Gasteiger partial charge is 0.416 e. The van der Waals surface area contributed by atoms with Crippen LogP contribution in [0.25, 0.3) is 28.2 Å². The molecule has 0 unspecified atom stereocenters. The number of pyridine rings is 1. The van der Waals surface area contributed by atoms with Crippen LogP contribution in [-0.4, -0.2) is 56.6 Å². The third kappa shape index (κ3) is 6.89. The predicted molar refractivity (Wildman–Crippen MR) is 164 cm³/mol. The molecule has 1 fully saturated rings.